The minimum Gasteiger partial charge on any atom is -0.456 e. The molecule has 1 aromatic carbocycles. The number of urea groups is 1. The number of nitrogens with one attached hydrogen (secondary N) is 2. The van der Waals surface area contributed by atoms with Gasteiger partial charge < -0.3 is 15.4 Å². The van der Waals surface area contributed by atoms with Gasteiger partial charge in [-0.15, -0.1) is 0 Å². The zero-order chi connectivity index (χ0) is 19.7. The lowest BCUT2D eigenvalue weighted by molar-refractivity contribution is -0.136. The van der Waals surface area contributed by atoms with Gasteiger partial charge in [0.15, 0.2) is 0 Å². The first-order chi connectivity index (χ1) is 13.5. The van der Waals surface area contributed by atoms with Gasteiger partial charge >= 0.3 is 12.0 Å². The van der Waals surface area contributed by atoms with Gasteiger partial charge in [0.05, 0.1) is 17.3 Å². The van der Waals surface area contributed by atoms with Gasteiger partial charge in [-0.2, -0.15) is 0 Å². The van der Waals surface area contributed by atoms with Crippen LogP contribution >= 0.6 is 0 Å². The first-order valence-electron chi connectivity index (χ1n) is 9.87. The van der Waals surface area contributed by atoms with Crippen molar-refractivity contribution in [3.05, 3.63) is 46.7 Å². The molecule has 148 valence electrons. The van der Waals surface area contributed by atoms with Crippen LogP contribution in [0.1, 0.15) is 49.3 Å². The predicted octanol–water partition coefficient (Wildman–Crippen LogP) is 2.32. The first-order valence-corrected chi connectivity index (χ1v) is 9.87. The van der Waals surface area contributed by atoms with E-state index in [1.807, 2.05) is 31.2 Å². The molecular formula is C21H25N3O4. The van der Waals surface area contributed by atoms with Crippen LogP contribution < -0.4 is 10.6 Å². The fourth-order valence-corrected chi connectivity index (χ4v) is 4.15. The van der Waals surface area contributed by atoms with E-state index in [1.54, 1.807) is 0 Å². The molecule has 4 rings (SSSR count). The molecule has 0 saturated heterocycles. The van der Waals surface area contributed by atoms with E-state index in [1.165, 1.54) is 11.3 Å². The van der Waals surface area contributed by atoms with Gasteiger partial charge in [0.2, 0.25) is 5.91 Å². The molecule has 0 unspecified atom stereocenters. The second-order valence-electron chi connectivity index (χ2n) is 7.72. The predicted molar refractivity (Wildman–Crippen MR) is 102 cm³/mol. The summed E-state index contributed by atoms with van der Waals surface area (Å²) in [6.07, 6.45) is 5.39. The van der Waals surface area contributed by atoms with E-state index in [0.717, 1.165) is 36.8 Å². The van der Waals surface area contributed by atoms with Crippen LogP contribution in [0.25, 0.3) is 0 Å². The molecule has 1 atom stereocenters. The number of nitrogens with zero attached hydrogens (tertiary/aromatic N) is 1. The first kappa shape index (κ1) is 18.5. The minimum atomic E-state index is -0.559. The Kier molecular flexibility index (Phi) is 5.07. The smallest absolute Gasteiger partial charge is 0.338 e. The van der Waals surface area contributed by atoms with E-state index >= 15 is 0 Å². The van der Waals surface area contributed by atoms with Crippen molar-refractivity contribution in [2.24, 2.45) is 0 Å². The third kappa shape index (κ3) is 3.61. The van der Waals surface area contributed by atoms with Crippen molar-refractivity contribution in [1.82, 2.24) is 15.5 Å². The standard InChI is InChI=1S/C21H25N3O4/c1-13-7-9-14(10-8-13)19-18-16(12-28-20(18)26)24(21(27)23-19)11-17(25)22-15-5-3-2-4-6-15/h7-10,15,19H,2-6,11-12H2,1H3,(H,22,25)(H,23,27)/t19-/m1/s1. The summed E-state index contributed by atoms with van der Waals surface area (Å²) in [7, 11) is 0. The number of amides is 3. The summed E-state index contributed by atoms with van der Waals surface area (Å²) in [6.45, 7) is 1.88. The maximum atomic E-state index is 12.8. The number of cyclic esters (lactones) is 1. The van der Waals surface area contributed by atoms with Crippen molar-refractivity contribution in [1.29, 1.82) is 0 Å². The second-order valence-corrected chi connectivity index (χ2v) is 7.72. The van der Waals surface area contributed by atoms with Crippen molar-refractivity contribution in [2.45, 2.75) is 51.1 Å². The molecule has 7 nitrogen and oxygen atoms in total. The van der Waals surface area contributed by atoms with Crippen LogP contribution in [0.5, 0.6) is 0 Å². The van der Waals surface area contributed by atoms with Gasteiger partial charge in [-0.25, -0.2) is 9.59 Å². The molecule has 3 amide bonds. The third-order valence-electron chi connectivity index (χ3n) is 5.68. The molecule has 0 bridgehead atoms. The molecule has 3 aliphatic rings. The number of hydrogen-bond donors (Lipinski definition) is 2. The van der Waals surface area contributed by atoms with Crippen LogP contribution in [0.3, 0.4) is 0 Å². The molecule has 1 fully saturated rings. The number of rotatable bonds is 4. The Labute approximate surface area is 164 Å². The Bertz CT molecular complexity index is 825. The molecule has 2 heterocycles. The lowest BCUT2D eigenvalue weighted by Crippen LogP contribution is -2.51. The SMILES string of the molecule is Cc1ccc([C@H]2NC(=O)N(CC(=O)NC3CCCCC3)C3=C2C(=O)OC3)cc1. The highest BCUT2D eigenvalue weighted by Gasteiger charge is 2.42. The lowest BCUT2D eigenvalue weighted by atomic mass is 9.95. The monoisotopic (exact) mass is 383 g/mol. The molecule has 0 radical (unpaired) electrons. The number of carbonyl (C=O) groups is 3. The normalized spacial score (nSPS) is 22.6. The fraction of sp³-hybridized carbons (Fsp3) is 0.476. The summed E-state index contributed by atoms with van der Waals surface area (Å²) < 4.78 is 5.21. The van der Waals surface area contributed by atoms with E-state index < -0.39 is 12.0 Å². The molecule has 1 aromatic rings. The molecular weight excluding hydrogens is 358 g/mol. The average Bonchev–Trinajstić information content (AvgIpc) is 3.07. The molecule has 28 heavy (non-hydrogen) atoms. The van der Waals surface area contributed by atoms with Crippen LogP contribution in [0, 0.1) is 6.92 Å². The van der Waals surface area contributed by atoms with Crippen molar-refractivity contribution < 1.29 is 19.1 Å². The summed E-state index contributed by atoms with van der Waals surface area (Å²) in [5.74, 6) is -0.653. The van der Waals surface area contributed by atoms with Crippen molar-refractivity contribution in [3.63, 3.8) is 0 Å². The summed E-state index contributed by atoms with van der Waals surface area (Å²) >= 11 is 0. The van der Waals surface area contributed by atoms with Gasteiger partial charge in [0.1, 0.15) is 13.2 Å². The van der Waals surface area contributed by atoms with Crippen molar-refractivity contribution >= 4 is 17.9 Å². The fourth-order valence-electron chi connectivity index (χ4n) is 4.15. The van der Waals surface area contributed by atoms with Gasteiger partial charge in [-0.1, -0.05) is 49.1 Å². The van der Waals surface area contributed by atoms with E-state index in [0.29, 0.717) is 11.3 Å². The highest BCUT2D eigenvalue weighted by molar-refractivity contribution is 5.98. The Balaban J connectivity index is 1.54. The largest absolute Gasteiger partial charge is 0.456 e. The molecule has 2 N–H and O–H groups in total. The van der Waals surface area contributed by atoms with E-state index in [2.05, 4.69) is 10.6 Å². The number of carbonyl (C=O) groups excluding carboxylic acids is 3. The molecule has 0 aromatic heterocycles. The second kappa shape index (κ2) is 7.66. The topological polar surface area (TPSA) is 87.7 Å². The Morgan fingerprint density at radius 3 is 2.61 bits per heavy atom. The highest BCUT2D eigenvalue weighted by Crippen LogP contribution is 2.35. The Hall–Kier alpha value is -2.83. The zero-order valence-electron chi connectivity index (χ0n) is 16.0. The van der Waals surface area contributed by atoms with Crippen LogP contribution in [0.4, 0.5) is 4.79 Å². The molecule has 2 aliphatic heterocycles. The number of benzene rings is 1. The van der Waals surface area contributed by atoms with Crippen molar-refractivity contribution in [3.8, 4) is 0 Å². The number of esters is 1. The number of ether oxygens (including phenoxy) is 1. The quantitative estimate of drug-likeness (QED) is 0.781. The Morgan fingerprint density at radius 2 is 1.89 bits per heavy atom. The molecule has 7 heteroatoms. The van der Waals surface area contributed by atoms with E-state index in [-0.39, 0.29) is 31.1 Å². The van der Waals surface area contributed by atoms with Crippen molar-refractivity contribution in [2.75, 3.05) is 13.2 Å². The number of aryl methyl sites for hydroxylation is 1. The van der Waals surface area contributed by atoms with Crippen LogP contribution in [0.2, 0.25) is 0 Å². The summed E-state index contributed by atoms with van der Waals surface area (Å²) in [6, 6.07) is 6.88. The van der Waals surface area contributed by atoms with Gasteiger partial charge in [0.25, 0.3) is 0 Å². The van der Waals surface area contributed by atoms with E-state index in [9.17, 15) is 14.4 Å². The molecule has 0 spiro atoms. The zero-order valence-corrected chi connectivity index (χ0v) is 16.0. The summed E-state index contributed by atoms with van der Waals surface area (Å²) in [4.78, 5) is 39.0. The molecule has 1 saturated carbocycles. The minimum absolute atomic E-state index is 0.0145. The average molecular weight is 383 g/mol. The Morgan fingerprint density at radius 1 is 1.18 bits per heavy atom. The van der Waals surface area contributed by atoms with Crippen LogP contribution in [0.15, 0.2) is 35.5 Å². The third-order valence-corrected chi connectivity index (χ3v) is 5.68. The van der Waals surface area contributed by atoms with E-state index in [4.69, 9.17) is 4.74 Å². The summed E-state index contributed by atoms with van der Waals surface area (Å²) in [5.41, 5.74) is 2.80. The van der Waals surface area contributed by atoms with Crippen LogP contribution in [-0.4, -0.2) is 42.0 Å². The maximum Gasteiger partial charge on any atom is 0.338 e. The maximum absolute atomic E-state index is 12.8. The van der Waals surface area contributed by atoms with Crippen LogP contribution in [-0.2, 0) is 14.3 Å². The number of hydrogen-bond acceptors (Lipinski definition) is 4. The highest BCUT2D eigenvalue weighted by atomic mass is 16.5. The van der Waals surface area contributed by atoms with Gasteiger partial charge in [0, 0.05) is 6.04 Å². The lowest BCUT2D eigenvalue weighted by Gasteiger charge is -2.33. The van der Waals surface area contributed by atoms with Gasteiger partial charge in [-0.3, -0.25) is 9.69 Å². The van der Waals surface area contributed by atoms with Gasteiger partial charge in [-0.05, 0) is 25.3 Å². The summed E-state index contributed by atoms with van der Waals surface area (Å²) in [5, 5.41) is 5.88. The molecule has 1 aliphatic carbocycles.